The zero-order valence-corrected chi connectivity index (χ0v) is 11.9. The van der Waals surface area contributed by atoms with Crippen molar-refractivity contribution in [2.75, 3.05) is 5.73 Å². The Morgan fingerprint density at radius 2 is 2.00 bits per heavy atom. The Hall–Kier alpha value is -1.62. The van der Waals surface area contributed by atoms with Crippen LogP contribution in [0.2, 0.25) is 0 Å². The van der Waals surface area contributed by atoms with Gasteiger partial charge in [-0.25, -0.2) is 9.97 Å². The quantitative estimate of drug-likeness (QED) is 0.947. The minimum Gasteiger partial charge on any atom is -0.485 e. The van der Waals surface area contributed by atoms with E-state index < -0.39 is 0 Å². The first kappa shape index (κ1) is 12.8. The minimum absolute atomic E-state index is 0.309. The largest absolute Gasteiger partial charge is 0.485 e. The molecule has 0 spiro atoms. The molecule has 4 nitrogen and oxygen atoms in total. The maximum Gasteiger partial charge on any atom is 0.168 e. The molecule has 2 N–H and O–H groups in total. The fourth-order valence-corrected chi connectivity index (χ4v) is 1.93. The van der Waals surface area contributed by atoms with Gasteiger partial charge in [0, 0.05) is 16.2 Å². The Morgan fingerprint density at radius 3 is 2.72 bits per heavy atom. The predicted octanol–water partition coefficient (Wildman–Crippen LogP) is 3.02. The molecule has 2 aromatic rings. The van der Waals surface area contributed by atoms with Gasteiger partial charge in [-0.3, -0.25) is 0 Å². The molecule has 1 aromatic heterocycles. The van der Waals surface area contributed by atoms with Gasteiger partial charge in [-0.2, -0.15) is 0 Å². The molecule has 0 unspecified atom stereocenters. The number of ether oxygens (including phenoxy) is 1. The van der Waals surface area contributed by atoms with E-state index in [4.69, 9.17) is 10.5 Å². The number of aromatic nitrogens is 2. The van der Waals surface area contributed by atoms with Crippen molar-refractivity contribution in [1.29, 1.82) is 0 Å². The van der Waals surface area contributed by atoms with Gasteiger partial charge in [0.05, 0.1) is 0 Å². The van der Waals surface area contributed by atoms with Crippen molar-refractivity contribution in [3.05, 3.63) is 45.8 Å². The maximum absolute atomic E-state index is 5.70. The second kappa shape index (κ2) is 5.35. The summed E-state index contributed by atoms with van der Waals surface area (Å²) in [5, 5.41) is 0. The molecular formula is C13H14BrN3O. The summed E-state index contributed by atoms with van der Waals surface area (Å²) in [7, 11) is 0. The molecule has 0 aliphatic carbocycles. The number of nitrogens with zero attached hydrogens (tertiary/aromatic N) is 2. The molecule has 94 valence electrons. The topological polar surface area (TPSA) is 61.0 Å². The van der Waals surface area contributed by atoms with E-state index in [1.165, 1.54) is 0 Å². The summed E-state index contributed by atoms with van der Waals surface area (Å²) < 4.78 is 6.68. The van der Waals surface area contributed by atoms with E-state index in [9.17, 15) is 0 Å². The van der Waals surface area contributed by atoms with Crippen LogP contribution in [0.4, 0.5) is 5.82 Å². The minimum atomic E-state index is 0.309. The summed E-state index contributed by atoms with van der Waals surface area (Å²) in [6.45, 7) is 4.18. The van der Waals surface area contributed by atoms with Gasteiger partial charge in [0.1, 0.15) is 18.2 Å². The molecule has 0 fully saturated rings. The molecule has 0 radical (unpaired) electrons. The zero-order chi connectivity index (χ0) is 13.1. The standard InChI is InChI=1S/C13H14BrN3O/c1-8-3-4-10(14)6-11(8)18-7-13-16-9(2)5-12(15)17-13/h3-6H,7H2,1-2H3,(H2,15,16,17). The van der Waals surface area contributed by atoms with Crippen LogP contribution in [0.3, 0.4) is 0 Å². The van der Waals surface area contributed by atoms with Crippen LogP contribution >= 0.6 is 15.9 Å². The highest BCUT2D eigenvalue weighted by Crippen LogP contribution is 2.23. The lowest BCUT2D eigenvalue weighted by Crippen LogP contribution is -2.05. The van der Waals surface area contributed by atoms with Crippen LogP contribution in [-0.4, -0.2) is 9.97 Å². The van der Waals surface area contributed by atoms with E-state index in [-0.39, 0.29) is 0 Å². The Bertz CT molecular complexity index is 552. The van der Waals surface area contributed by atoms with Gasteiger partial charge < -0.3 is 10.5 Å². The lowest BCUT2D eigenvalue weighted by atomic mass is 10.2. The molecule has 0 atom stereocenters. The second-order valence-electron chi connectivity index (χ2n) is 4.05. The summed E-state index contributed by atoms with van der Waals surface area (Å²) in [6, 6.07) is 7.62. The van der Waals surface area contributed by atoms with E-state index in [0.29, 0.717) is 18.2 Å². The van der Waals surface area contributed by atoms with Crippen molar-refractivity contribution in [3.63, 3.8) is 0 Å². The molecule has 1 aromatic carbocycles. The predicted molar refractivity (Wildman–Crippen MR) is 74.4 cm³/mol. The molecule has 18 heavy (non-hydrogen) atoms. The van der Waals surface area contributed by atoms with Gasteiger partial charge in [-0.15, -0.1) is 0 Å². The van der Waals surface area contributed by atoms with Crippen molar-refractivity contribution in [2.45, 2.75) is 20.5 Å². The molecule has 0 saturated heterocycles. The summed E-state index contributed by atoms with van der Waals surface area (Å²) >= 11 is 3.41. The average Bonchev–Trinajstić information content (AvgIpc) is 2.29. The molecular weight excluding hydrogens is 294 g/mol. The smallest absolute Gasteiger partial charge is 0.168 e. The van der Waals surface area contributed by atoms with Gasteiger partial charge in [0.25, 0.3) is 0 Å². The van der Waals surface area contributed by atoms with Crippen molar-refractivity contribution in [2.24, 2.45) is 0 Å². The summed E-state index contributed by atoms with van der Waals surface area (Å²) in [5.74, 6) is 1.87. The molecule has 0 bridgehead atoms. The van der Waals surface area contributed by atoms with Gasteiger partial charge in [-0.1, -0.05) is 22.0 Å². The first-order valence-corrected chi connectivity index (χ1v) is 6.33. The Morgan fingerprint density at radius 1 is 1.22 bits per heavy atom. The van der Waals surface area contributed by atoms with Crippen LogP contribution < -0.4 is 10.5 Å². The van der Waals surface area contributed by atoms with Gasteiger partial charge in [0.15, 0.2) is 5.82 Å². The molecule has 2 rings (SSSR count). The summed E-state index contributed by atoms with van der Waals surface area (Å²) in [6.07, 6.45) is 0. The molecule has 5 heteroatoms. The number of halogens is 1. The molecule has 0 amide bonds. The van der Waals surface area contributed by atoms with Crippen molar-refractivity contribution < 1.29 is 4.74 Å². The third-order valence-corrected chi connectivity index (χ3v) is 2.92. The number of nitrogen functional groups attached to an aromatic ring is 1. The number of benzene rings is 1. The van der Waals surface area contributed by atoms with Crippen LogP contribution in [-0.2, 0) is 6.61 Å². The van der Waals surface area contributed by atoms with Gasteiger partial charge in [-0.05, 0) is 31.5 Å². The van der Waals surface area contributed by atoms with Crippen LogP contribution in [0.1, 0.15) is 17.1 Å². The number of aryl methyl sites for hydroxylation is 2. The molecule has 0 aliphatic rings. The van der Waals surface area contributed by atoms with E-state index in [0.717, 1.165) is 21.5 Å². The number of hydrogen-bond donors (Lipinski definition) is 1. The van der Waals surface area contributed by atoms with Crippen LogP contribution in [0.25, 0.3) is 0 Å². The van der Waals surface area contributed by atoms with Crippen molar-refractivity contribution in [1.82, 2.24) is 9.97 Å². The number of nitrogens with two attached hydrogens (primary N) is 1. The number of anilines is 1. The van der Waals surface area contributed by atoms with Gasteiger partial charge >= 0.3 is 0 Å². The first-order chi connectivity index (χ1) is 8.54. The van der Waals surface area contributed by atoms with Crippen LogP contribution in [0.15, 0.2) is 28.7 Å². The van der Waals surface area contributed by atoms with Crippen molar-refractivity contribution in [3.8, 4) is 5.75 Å². The van der Waals surface area contributed by atoms with E-state index in [1.54, 1.807) is 6.07 Å². The maximum atomic E-state index is 5.70. The Labute approximate surface area is 114 Å². The molecule has 1 heterocycles. The third-order valence-electron chi connectivity index (χ3n) is 2.43. The van der Waals surface area contributed by atoms with Crippen LogP contribution in [0.5, 0.6) is 5.75 Å². The van der Waals surface area contributed by atoms with Crippen LogP contribution in [0, 0.1) is 13.8 Å². The third kappa shape index (κ3) is 3.20. The monoisotopic (exact) mass is 307 g/mol. The Kier molecular flexibility index (Phi) is 3.81. The first-order valence-electron chi connectivity index (χ1n) is 5.53. The van der Waals surface area contributed by atoms with E-state index >= 15 is 0 Å². The Balaban J connectivity index is 2.13. The highest BCUT2D eigenvalue weighted by molar-refractivity contribution is 9.10. The normalized spacial score (nSPS) is 10.4. The fraction of sp³-hybridized carbons (Fsp3) is 0.231. The highest BCUT2D eigenvalue weighted by atomic mass is 79.9. The summed E-state index contributed by atoms with van der Waals surface area (Å²) in [5.41, 5.74) is 7.58. The van der Waals surface area contributed by atoms with Gasteiger partial charge in [0.2, 0.25) is 0 Å². The van der Waals surface area contributed by atoms with E-state index in [2.05, 4.69) is 25.9 Å². The van der Waals surface area contributed by atoms with E-state index in [1.807, 2.05) is 32.0 Å². The SMILES string of the molecule is Cc1cc(N)nc(COc2cc(Br)ccc2C)n1. The molecule has 0 saturated carbocycles. The second-order valence-corrected chi connectivity index (χ2v) is 4.96. The molecule has 0 aliphatic heterocycles. The fourth-order valence-electron chi connectivity index (χ4n) is 1.59. The van der Waals surface area contributed by atoms with Crippen molar-refractivity contribution >= 4 is 21.7 Å². The lowest BCUT2D eigenvalue weighted by molar-refractivity contribution is 0.293. The number of hydrogen-bond acceptors (Lipinski definition) is 4. The lowest BCUT2D eigenvalue weighted by Gasteiger charge is -2.09. The zero-order valence-electron chi connectivity index (χ0n) is 10.3. The highest BCUT2D eigenvalue weighted by Gasteiger charge is 2.04. The number of rotatable bonds is 3. The average molecular weight is 308 g/mol. The summed E-state index contributed by atoms with van der Waals surface area (Å²) in [4.78, 5) is 8.40.